The number of carbonyl (C=O) groups excluding carboxylic acids is 2. The highest BCUT2D eigenvalue weighted by molar-refractivity contribution is 5.99. The summed E-state index contributed by atoms with van der Waals surface area (Å²) in [6, 6.07) is 4.31. The van der Waals surface area contributed by atoms with Gasteiger partial charge in [-0.2, -0.15) is 0 Å². The Hall–Kier alpha value is -2.08. The Labute approximate surface area is 98.0 Å². The number of rotatable bonds is 2. The van der Waals surface area contributed by atoms with E-state index in [1.54, 1.807) is 12.1 Å². The Morgan fingerprint density at radius 1 is 1.53 bits per heavy atom. The Morgan fingerprint density at radius 2 is 2.29 bits per heavy atom. The smallest absolute Gasteiger partial charge is 0.243 e. The first kappa shape index (κ1) is 11.4. The molecule has 2 amide bonds. The maximum atomic E-state index is 11.7. The van der Waals surface area contributed by atoms with Crippen molar-refractivity contribution in [3.63, 3.8) is 0 Å². The van der Waals surface area contributed by atoms with Gasteiger partial charge >= 0.3 is 0 Å². The van der Waals surface area contributed by atoms with Crippen LogP contribution in [0.5, 0.6) is 5.75 Å². The molecule has 1 unspecified atom stereocenters. The van der Waals surface area contributed by atoms with Crippen LogP contribution in [0.1, 0.15) is 12.0 Å². The van der Waals surface area contributed by atoms with Gasteiger partial charge in [-0.15, -0.1) is 0 Å². The molecule has 6 nitrogen and oxygen atoms in total. The number of benzene rings is 1. The number of phenolic OH excluding ortho intramolecular Hbond substituents is 1. The van der Waals surface area contributed by atoms with Crippen LogP contribution in [0.3, 0.4) is 0 Å². The topological polar surface area (TPSA) is 90.5 Å². The zero-order valence-electron chi connectivity index (χ0n) is 9.28. The van der Waals surface area contributed by atoms with E-state index in [2.05, 4.69) is 16.2 Å². The minimum Gasteiger partial charge on any atom is -0.506 e. The third-order valence-corrected chi connectivity index (χ3v) is 2.50. The Bertz CT molecular complexity index is 473. The van der Waals surface area contributed by atoms with E-state index in [4.69, 9.17) is 0 Å². The number of nitrogens with one attached hydrogen (secondary N) is 3. The molecular formula is C11H13N3O3. The van der Waals surface area contributed by atoms with Gasteiger partial charge in [0.2, 0.25) is 11.8 Å². The Kier molecular flexibility index (Phi) is 2.97. The molecule has 0 spiro atoms. The first-order chi connectivity index (χ1) is 8.06. The van der Waals surface area contributed by atoms with Gasteiger partial charge in [-0.3, -0.25) is 15.0 Å². The first-order valence-corrected chi connectivity index (χ1v) is 5.21. The fraction of sp³-hybridized carbons (Fsp3) is 0.273. The molecule has 6 heteroatoms. The normalized spacial score (nSPS) is 18.9. The standard InChI is InChI=1S/C11H13N3O3/c1-6-2-3-9(15)7(4-6)12-11(17)8-5-10(16)14-13-8/h2-4,8,13,15H,5H2,1H3,(H,12,17)(H,14,16). The van der Waals surface area contributed by atoms with Crippen LogP contribution in [-0.4, -0.2) is 23.0 Å². The lowest BCUT2D eigenvalue weighted by atomic mass is 10.2. The maximum Gasteiger partial charge on any atom is 0.243 e. The zero-order valence-corrected chi connectivity index (χ0v) is 9.28. The molecule has 1 aliphatic rings. The summed E-state index contributed by atoms with van der Waals surface area (Å²) >= 11 is 0. The van der Waals surface area contributed by atoms with Crippen LogP contribution in [0.25, 0.3) is 0 Å². The number of amides is 2. The van der Waals surface area contributed by atoms with Crippen molar-refractivity contribution in [1.82, 2.24) is 10.9 Å². The van der Waals surface area contributed by atoms with E-state index in [1.807, 2.05) is 6.92 Å². The highest BCUT2D eigenvalue weighted by Gasteiger charge is 2.27. The molecule has 0 bridgehead atoms. The molecule has 0 radical (unpaired) electrons. The van der Waals surface area contributed by atoms with Crippen molar-refractivity contribution in [3.05, 3.63) is 23.8 Å². The molecule has 4 N–H and O–H groups in total. The summed E-state index contributed by atoms with van der Waals surface area (Å²) < 4.78 is 0. The van der Waals surface area contributed by atoms with E-state index in [0.29, 0.717) is 5.69 Å². The van der Waals surface area contributed by atoms with Gasteiger partial charge in [0.15, 0.2) is 0 Å². The predicted molar refractivity (Wildman–Crippen MR) is 61.2 cm³/mol. The molecule has 1 aliphatic heterocycles. The summed E-state index contributed by atoms with van der Waals surface area (Å²) in [6.45, 7) is 1.86. The number of carbonyl (C=O) groups is 2. The fourth-order valence-electron chi connectivity index (χ4n) is 1.58. The van der Waals surface area contributed by atoms with Crippen LogP contribution in [0, 0.1) is 6.92 Å². The van der Waals surface area contributed by atoms with Crippen molar-refractivity contribution in [2.45, 2.75) is 19.4 Å². The molecule has 17 heavy (non-hydrogen) atoms. The molecule has 90 valence electrons. The second-order valence-corrected chi connectivity index (χ2v) is 3.96. The van der Waals surface area contributed by atoms with E-state index in [-0.39, 0.29) is 24.0 Å². The number of hydrazine groups is 1. The second kappa shape index (κ2) is 4.42. The van der Waals surface area contributed by atoms with Crippen molar-refractivity contribution in [3.8, 4) is 5.75 Å². The van der Waals surface area contributed by atoms with Gasteiger partial charge in [-0.25, -0.2) is 5.43 Å². The first-order valence-electron chi connectivity index (χ1n) is 5.21. The molecule has 1 atom stereocenters. The van der Waals surface area contributed by atoms with Crippen LogP contribution in [0.4, 0.5) is 5.69 Å². The third-order valence-electron chi connectivity index (χ3n) is 2.50. The maximum absolute atomic E-state index is 11.7. The molecule has 1 aromatic carbocycles. The molecule has 0 saturated carbocycles. The van der Waals surface area contributed by atoms with Gasteiger partial charge in [0.05, 0.1) is 12.1 Å². The second-order valence-electron chi connectivity index (χ2n) is 3.96. The van der Waals surface area contributed by atoms with Crippen molar-refractivity contribution >= 4 is 17.5 Å². The Morgan fingerprint density at radius 3 is 2.94 bits per heavy atom. The van der Waals surface area contributed by atoms with E-state index in [0.717, 1.165) is 5.56 Å². The van der Waals surface area contributed by atoms with Gasteiger partial charge in [-0.1, -0.05) is 6.07 Å². The van der Waals surface area contributed by atoms with Gasteiger partial charge in [0.25, 0.3) is 0 Å². The van der Waals surface area contributed by atoms with E-state index >= 15 is 0 Å². The van der Waals surface area contributed by atoms with Gasteiger partial charge in [0, 0.05) is 0 Å². The third kappa shape index (κ3) is 2.54. The van der Waals surface area contributed by atoms with E-state index in [9.17, 15) is 14.7 Å². The molecule has 0 aromatic heterocycles. The van der Waals surface area contributed by atoms with Crippen molar-refractivity contribution in [2.75, 3.05) is 5.32 Å². The average Bonchev–Trinajstić information content (AvgIpc) is 2.70. The van der Waals surface area contributed by atoms with Crippen LogP contribution >= 0.6 is 0 Å². The SMILES string of the molecule is Cc1ccc(O)c(NC(=O)C2CC(=O)NN2)c1. The highest BCUT2D eigenvalue weighted by Crippen LogP contribution is 2.24. The predicted octanol–water partition coefficient (Wildman–Crippen LogP) is 0.0322. The Balaban J connectivity index is 2.07. The lowest BCUT2D eigenvalue weighted by molar-refractivity contribution is -0.121. The molecule has 2 rings (SSSR count). The molecule has 1 fully saturated rings. The summed E-state index contributed by atoms with van der Waals surface area (Å²) in [5, 5.41) is 12.1. The van der Waals surface area contributed by atoms with Crippen LogP contribution in [-0.2, 0) is 9.59 Å². The molecule has 1 heterocycles. The van der Waals surface area contributed by atoms with Crippen molar-refractivity contribution in [1.29, 1.82) is 0 Å². The van der Waals surface area contributed by atoms with Crippen molar-refractivity contribution in [2.24, 2.45) is 0 Å². The van der Waals surface area contributed by atoms with Crippen molar-refractivity contribution < 1.29 is 14.7 Å². The lowest BCUT2D eigenvalue weighted by Crippen LogP contribution is -2.39. The van der Waals surface area contributed by atoms with Crippen LogP contribution in [0.2, 0.25) is 0 Å². The molecule has 0 aliphatic carbocycles. The van der Waals surface area contributed by atoms with Gasteiger partial charge < -0.3 is 10.4 Å². The van der Waals surface area contributed by atoms with E-state index in [1.165, 1.54) is 6.07 Å². The summed E-state index contributed by atoms with van der Waals surface area (Å²) in [4.78, 5) is 22.7. The minimum atomic E-state index is -0.609. The lowest BCUT2D eigenvalue weighted by Gasteiger charge is -2.11. The minimum absolute atomic E-state index is 0.00114. The van der Waals surface area contributed by atoms with Gasteiger partial charge in [0.1, 0.15) is 11.8 Å². The largest absolute Gasteiger partial charge is 0.506 e. The fourth-order valence-corrected chi connectivity index (χ4v) is 1.58. The average molecular weight is 235 g/mol. The molecule has 1 saturated heterocycles. The number of hydrogen-bond acceptors (Lipinski definition) is 4. The number of hydrogen-bond donors (Lipinski definition) is 4. The zero-order chi connectivity index (χ0) is 12.4. The number of anilines is 1. The summed E-state index contributed by atoms with van der Waals surface area (Å²) in [7, 11) is 0. The van der Waals surface area contributed by atoms with Gasteiger partial charge in [-0.05, 0) is 24.6 Å². The van der Waals surface area contributed by atoms with Crippen LogP contribution < -0.4 is 16.2 Å². The highest BCUT2D eigenvalue weighted by atomic mass is 16.3. The van der Waals surface area contributed by atoms with E-state index < -0.39 is 6.04 Å². The summed E-state index contributed by atoms with van der Waals surface area (Å²) in [5.74, 6) is -0.580. The summed E-state index contributed by atoms with van der Waals surface area (Å²) in [6.07, 6.45) is 0.0956. The number of aromatic hydroxyl groups is 1. The molecule has 1 aromatic rings. The number of aryl methyl sites for hydroxylation is 1. The van der Waals surface area contributed by atoms with Crippen LogP contribution in [0.15, 0.2) is 18.2 Å². The summed E-state index contributed by atoms with van der Waals surface area (Å²) in [5.41, 5.74) is 6.18. The monoisotopic (exact) mass is 235 g/mol. The quantitative estimate of drug-likeness (QED) is 0.544. The molecular weight excluding hydrogens is 222 g/mol. The number of phenols is 1.